The Morgan fingerprint density at radius 2 is 1.95 bits per heavy atom. The Bertz CT molecular complexity index is 352. The summed E-state index contributed by atoms with van der Waals surface area (Å²) < 4.78 is 6.71. The van der Waals surface area contributed by atoms with Crippen LogP contribution >= 0.6 is 15.9 Å². The fourth-order valence-electron chi connectivity index (χ4n) is 1.93. The molecular formula is C16H25BrO2. The molecule has 0 radical (unpaired) electrons. The minimum absolute atomic E-state index is 0.222. The summed E-state index contributed by atoms with van der Waals surface area (Å²) in [6, 6.07) is 8.27. The molecule has 0 saturated heterocycles. The number of ether oxygens (including phenoxy) is 1. The number of rotatable bonds is 9. The van der Waals surface area contributed by atoms with Crippen molar-refractivity contribution in [2.45, 2.75) is 33.1 Å². The zero-order valence-corrected chi connectivity index (χ0v) is 13.5. The van der Waals surface area contributed by atoms with Crippen LogP contribution in [-0.4, -0.2) is 24.9 Å². The lowest BCUT2D eigenvalue weighted by Crippen LogP contribution is -2.13. The molecule has 1 aromatic carbocycles. The summed E-state index contributed by atoms with van der Waals surface area (Å²) in [5.41, 5.74) is 1.26. The summed E-state index contributed by atoms with van der Waals surface area (Å²) in [7, 11) is 0. The van der Waals surface area contributed by atoms with Gasteiger partial charge in [-0.3, -0.25) is 0 Å². The van der Waals surface area contributed by atoms with Gasteiger partial charge in [-0.25, -0.2) is 0 Å². The number of aliphatic hydroxyl groups excluding tert-OH is 1. The van der Waals surface area contributed by atoms with Gasteiger partial charge in [0.25, 0.3) is 0 Å². The van der Waals surface area contributed by atoms with Crippen LogP contribution in [0.1, 0.15) is 32.3 Å². The summed E-state index contributed by atoms with van der Waals surface area (Å²) in [5, 5.41) is 9.43. The van der Waals surface area contributed by atoms with Gasteiger partial charge in [0.2, 0.25) is 0 Å². The van der Waals surface area contributed by atoms with Gasteiger partial charge in [-0.1, -0.05) is 41.9 Å². The molecule has 19 heavy (non-hydrogen) atoms. The van der Waals surface area contributed by atoms with E-state index in [1.165, 1.54) is 5.56 Å². The van der Waals surface area contributed by atoms with Crippen molar-refractivity contribution in [3.8, 4) is 0 Å². The second kappa shape index (κ2) is 9.51. The first-order chi connectivity index (χ1) is 9.11. The third-order valence-corrected chi connectivity index (χ3v) is 3.67. The van der Waals surface area contributed by atoms with Crippen LogP contribution in [-0.2, 0) is 11.2 Å². The maximum atomic E-state index is 9.43. The molecule has 0 fully saturated rings. The molecule has 2 nitrogen and oxygen atoms in total. The van der Waals surface area contributed by atoms with Crippen LogP contribution in [0.4, 0.5) is 0 Å². The maximum Gasteiger partial charge on any atom is 0.0469 e. The van der Waals surface area contributed by atoms with E-state index >= 15 is 0 Å². The van der Waals surface area contributed by atoms with Gasteiger partial charge < -0.3 is 9.84 Å². The first-order valence-electron chi connectivity index (χ1n) is 7.05. The first kappa shape index (κ1) is 16.7. The standard InChI is InChI=1S/C16H25BrO2/c1-13(2)6-8-19-9-7-15(12-18)10-14-4-3-5-16(17)11-14/h3-5,11,13,15,18H,6-10,12H2,1-2H3. The van der Waals surface area contributed by atoms with E-state index in [-0.39, 0.29) is 12.5 Å². The number of halogens is 1. The molecule has 3 heteroatoms. The van der Waals surface area contributed by atoms with Crippen molar-refractivity contribution >= 4 is 15.9 Å². The molecule has 1 rings (SSSR count). The topological polar surface area (TPSA) is 29.5 Å². The smallest absolute Gasteiger partial charge is 0.0469 e. The molecule has 0 bridgehead atoms. The number of hydrogen-bond donors (Lipinski definition) is 1. The zero-order valence-electron chi connectivity index (χ0n) is 11.9. The van der Waals surface area contributed by atoms with Crippen molar-refractivity contribution in [2.75, 3.05) is 19.8 Å². The summed E-state index contributed by atoms with van der Waals surface area (Å²) in [5.74, 6) is 0.976. The summed E-state index contributed by atoms with van der Waals surface area (Å²) in [4.78, 5) is 0. The van der Waals surface area contributed by atoms with Crippen LogP contribution < -0.4 is 0 Å². The quantitative estimate of drug-likeness (QED) is 0.693. The number of benzene rings is 1. The van der Waals surface area contributed by atoms with Gasteiger partial charge in [-0.2, -0.15) is 0 Å². The van der Waals surface area contributed by atoms with Crippen LogP contribution in [0.5, 0.6) is 0 Å². The highest BCUT2D eigenvalue weighted by molar-refractivity contribution is 9.10. The zero-order chi connectivity index (χ0) is 14.1. The molecule has 0 heterocycles. The average Bonchev–Trinajstić information content (AvgIpc) is 2.36. The molecule has 1 aromatic rings. The van der Waals surface area contributed by atoms with E-state index in [0.717, 1.165) is 36.9 Å². The predicted octanol–water partition coefficient (Wildman–Crippen LogP) is 4.05. The van der Waals surface area contributed by atoms with Crippen LogP contribution in [0.25, 0.3) is 0 Å². The Hall–Kier alpha value is -0.380. The SMILES string of the molecule is CC(C)CCOCCC(CO)Cc1cccc(Br)c1. The molecule has 1 N–H and O–H groups in total. The highest BCUT2D eigenvalue weighted by atomic mass is 79.9. The Morgan fingerprint density at radius 1 is 1.21 bits per heavy atom. The minimum Gasteiger partial charge on any atom is -0.396 e. The van der Waals surface area contributed by atoms with Crippen LogP contribution in [0, 0.1) is 11.8 Å². The van der Waals surface area contributed by atoms with Crippen molar-refractivity contribution in [2.24, 2.45) is 11.8 Å². The van der Waals surface area contributed by atoms with Crippen molar-refractivity contribution in [3.05, 3.63) is 34.3 Å². The lowest BCUT2D eigenvalue weighted by molar-refractivity contribution is 0.0984. The monoisotopic (exact) mass is 328 g/mol. The molecule has 108 valence electrons. The van der Waals surface area contributed by atoms with Crippen molar-refractivity contribution < 1.29 is 9.84 Å². The van der Waals surface area contributed by atoms with Gasteiger partial charge in [0.05, 0.1) is 0 Å². The highest BCUT2D eigenvalue weighted by Crippen LogP contribution is 2.17. The lowest BCUT2D eigenvalue weighted by atomic mass is 9.97. The average molecular weight is 329 g/mol. The van der Waals surface area contributed by atoms with E-state index in [0.29, 0.717) is 5.92 Å². The van der Waals surface area contributed by atoms with Gasteiger partial charge >= 0.3 is 0 Å². The van der Waals surface area contributed by atoms with Crippen molar-refractivity contribution in [3.63, 3.8) is 0 Å². The second-order valence-electron chi connectivity index (χ2n) is 5.47. The van der Waals surface area contributed by atoms with E-state index in [9.17, 15) is 5.11 Å². The van der Waals surface area contributed by atoms with E-state index < -0.39 is 0 Å². The molecule has 0 aliphatic carbocycles. The first-order valence-corrected chi connectivity index (χ1v) is 7.84. The Balaban J connectivity index is 2.26. The molecule has 0 aromatic heterocycles. The summed E-state index contributed by atoms with van der Waals surface area (Å²) >= 11 is 3.47. The summed E-state index contributed by atoms with van der Waals surface area (Å²) in [6.07, 6.45) is 2.93. The normalized spacial score (nSPS) is 12.9. The molecule has 0 spiro atoms. The fourth-order valence-corrected chi connectivity index (χ4v) is 2.37. The van der Waals surface area contributed by atoms with E-state index in [2.05, 4.69) is 41.9 Å². The van der Waals surface area contributed by atoms with Crippen LogP contribution in [0.2, 0.25) is 0 Å². The largest absolute Gasteiger partial charge is 0.396 e. The van der Waals surface area contributed by atoms with Crippen molar-refractivity contribution in [1.82, 2.24) is 0 Å². The van der Waals surface area contributed by atoms with Crippen LogP contribution in [0.3, 0.4) is 0 Å². The van der Waals surface area contributed by atoms with E-state index in [1.807, 2.05) is 12.1 Å². The van der Waals surface area contributed by atoms with E-state index in [1.54, 1.807) is 0 Å². The Labute approximate surface area is 125 Å². The van der Waals surface area contributed by atoms with Gasteiger partial charge in [-0.15, -0.1) is 0 Å². The Kier molecular flexibility index (Phi) is 8.35. The van der Waals surface area contributed by atoms with Gasteiger partial charge in [0.15, 0.2) is 0 Å². The molecule has 0 aliphatic rings. The summed E-state index contributed by atoms with van der Waals surface area (Å²) in [6.45, 7) is 6.19. The second-order valence-corrected chi connectivity index (χ2v) is 6.38. The predicted molar refractivity (Wildman–Crippen MR) is 83.3 cm³/mol. The minimum atomic E-state index is 0.222. The molecule has 1 atom stereocenters. The van der Waals surface area contributed by atoms with Gasteiger partial charge in [0.1, 0.15) is 0 Å². The maximum absolute atomic E-state index is 9.43. The molecule has 1 unspecified atom stereocenters. The van der Waals surface area contributed by atoms with Crippen molar-refractivity contribution in [1.29, 1.82) is 0 Å². The number of aliphatic hydroxyl groups is 1. The molecular weight excluding hydrogens is 304 g/mol. The van der Waals surface area contributed by atoms with Gasteiger partial charge in [0, 0.05) is 24.3 Å². The van der Waals surface area contributed by atoms with Crippen LogP contribution in [0.15, 0.2) is 28.7 Å². The lowest BCUT2D eigenvalue weighted by Gasteiger charge is -2.15. The highest BCUT2D eigenvalue weighted by Gasteiger charge is 2.09. The molecule has 0 saturated carbocycles. The number of hydrogen-bond acceptors (Lipinski definition) is 2. The molecule has 0 aliphatic heterocycles. The van der Waals surface area contributed by atoms with Gasteiger partial charge in [-0.05, 0) is 48.8 Å². The molecule has 0 amide bonds. The fraction of sp³-hybridized carbons (Fsp3) is 0.625. The third kappa shape index (κ3) is 7.71. The third-order valence-electron chi connectivity index (χ3n) is 3.18. The Morgan fingerprint density at radius 3 is 2.58 bits per heavy atom. The van der Waals surface area contributed by atoms with E-state index in [4.69, 9.17) is 4.74 Å².